The van der Waals surface area contributed by atoms with Gasteiger partial charge in [0.25, 0.3) is 5.91 Å². The lowest BCUT2D eigenvalue weighted by Gasteiger charge is -2.21. The molecule has 14 heteroatoms. The molecule has 0 aliphatic carbocycles. The number of amides is 4. The largest absolute Gasteiger partial charge is 0.484 e. The van der Waals surface area contributed by atoms with Crippen molar-refractivity contribution in [2.75, 3.05) is 19.7 Å². The van der Waals surface area contributed by atoms with Gasteiger partial charge in [0.1, 0.15) is 22.6 Å². The molecule has 4 heterocycles. The molecular formula is C36H38ClN7O5S. The minimum atomic E-state index is -0.551. The van der Waals surface area contributed by atoms with Crippen LogP contribution in [0.25, 0.3) is 5.00 Å². The molecular weight excluding hydrogens is 678 g/mol. The Morgan fingerprint density at radius 2 is 1.76 bits per heavy atom. The number of aromatic nitrogens is 3. The van der Waals surface area contributed by atoms with Gasteiger partial charge in [0, 0.05) is 40.5 Å². The monoisotopic (exact) mass is 715 g/mol. The van der Waals surface area contributed by atoms with Crippen molar-refractivity contribution in [1.29, 1.82) is 0 Å². The zero-order valence-electron chi connectivity index (χ0n) is 28.0. The van der Waals surface area contributed by atoms with Crippen molar-refractivity contribution < 1.29 is 23.9 Å². The van der Waals surface area contributed by atoms with Gasteiger partial charge < -0.3 is 15.4 Å². The number of carbonyl (C=O) groups excluding carboxylic acids is 4. The molecule has 0 radical (unpaired) electrons. The summed E-state index contributed by atoms with van der Waals surface area (Å²) < 4.78 is 7.67. The molecule has 2 aromatic heterocycles. The summed E-state index contributed by atoms with van der Waals surface area (Å²) in [6.45, 7) is 6.77. The third kappa shape index (κ3) is 7.79. The maximum absolute atomic E-state index is 13.2. The molecule has 6 rings (SSSR count). The fourth-order valence-corrected chi connectivity index (χ4v) is 7.46. The maximum atomic E-state index is 13.2. The number of imide groups is 1. The lowest BCUT2D eigenvalue weighted by molar-refractivity contribution is -0.134. The molecule has 1 fully saturated rings. The van der Waals surface area contributed by atoms with Crippen LogP contribution in [0.1, 0.15) is 82.8 Å². The van der Waals surface area contributed by atoms with E-state index in [0.29, 0.717) is 48.9 Å². The molecule has 3 N–H and O–H groups in total. The molecule has 2 aromatic carbocycles. The molecule has 2 aliphatic rings. The summed E-state index contributed by atoms with van der Waals surface area (Å²) in [5, 5.41) is 18.6. The lowest BCUT2D eigenvalue weighted by Crippen LogP contribution is -2.39. The third-order valence-corrected chi connectivity index (χ3v) is 10.3. The fraction of sp³-hybridized carbons (Fsp3) is 0.361. The Morgan fingerprint density at radius 3 is 2.50 bits per heavy atom. The summed E-state index contributed by atoms with van der Waals surface area (Å²) in [4.78, 5) is 55.6. The first-order chi connectivity index (χ1) is 24.1. The molecule has 2 atom stereocenters. The molecule has 1 unspecified atom stereocenters. The van der Waals surface area contributed by atoms with E-state index in [2.05, 4.69) is 40.0 Å². The van der Waals surface area contributed by atoms with Gasteiger partial charge in [-0.15, -0.1) is 21.5 Å². The Kier molecular flexibility index (Phi) is 10.7. The molecule has 4 amide bonds. The molecule has 2 aliphatic heterocycles. The molecule has 4 aromatic rings. The summed E-state index contributed by atoms with van der Waals surface area (Å²) in [5.41, 5.74) is 4.58. The van der Waals surface area contributed by atoms with E-state index in [9.17, 15) is 19.2 Å². The molecule has 260 valence electrons. The van der Waals surface area contributed by atoms with Crippen molar-refractivity contribution in [3.8, 4) is 10.8 Å². The number of benzene rings is 2. The van der Waals surface area contributed by atoms with Gasteiger partial charge in [0.2, 0.25) is 17.7 Å². The van der Waals surface area contributed by atoms with Crippen LogP contribution in [-0.2, 0) is 19.2 Å². The molecule has 1 saturated heterocycles. The van der Waals surface area contributed by atoms with Crippen molar-refractivity contribution in [2.24, 2.45) is 4.99 Å². The second-order valence-corrected chi connectivity index (χ2v) is 14.0. The Balaban J connectivity index is 0.991. The minimum absolute atomic E-state index is 0.0982. The number of fused-ring (bicyclic) bond motifs is 3. The van der Waals surface area contributed by atoms with E-state index in [1.165, 1.54) is 4.88 Å². The number of aliphatic imine (C=N–C) groups is 1. The predicted molar refractivity (Wildman–Crippen MR) is 190 cm³/mol. The lowest BCUT2D eigenvalue weighted by atomic mass is 9.90. The van der Waals surface area contributed by atoms with Gasteiger partial charge in [-0.3, -0.25) is 34.1 Å². The quantitative estimate of drug-likeness (QED) is 0.141. The van der Waals surface area contributed by atoms with Crippen LogP contribution in [0.2, 0.25) is 5.02 Å². The normalized spacial score (nSPS) is 16.8. The number of unbranched alkanes of at least 4 members (excludes halogenated alkanes) is 1. The van der Waals surface area contributed by atoms with Gasteiger partial charge in [0.15, 0.2) is 12.4 Å². The first-order valence-corrected chi connectivity index (χ1v) is 17.7. The van der Waals surface area contributed by atoms with Gasteiger partial charge in [-0.05, 0) is 75.4 Å². The van der Waals surface area contributed by atoms with Crippen LogP contribution in [-0.4, -0.2) is 63.8 Å². The number of hydrogen-bond donors (Lipinski definition) is 3. The SMILES string of the molecule is Cc1sc2c(c1C)C(c1ccc(Cl)cc1)=N[C@@H](CC(=O)NCCCCNC(=O)COc1cccc(C3CCC(=O)NC3=O)c1)c1nnc(C)n1-2. The van der Waals surface area contributed by atoms with Crippen LogP contribution in [0.5, 0.6) is 5.75 Å². The number of rotatable bonds is 12. The maximum Gasteiger partial charge on any atom is 0.257 e. The van der Waals surface area contributed by atoms with E-state index in [4.69, 9.17) is 21.3 Å². The summed E-state index contributed by atoms with van der Waals surface area (Å²) in [6, 6.07) is 14.0. The van der Waals surface area contributed by atoms with E-state index in [-0.39, 0.29) is 43.1 Å². The topological polar surface area (TPSA) is 157 Å². The summed E-state index contributed by atoms with van der Waals surface area (Å²) in [6.07, 6.45) is 2.14. The van der Waals surface area contributed by atoms with Crippen molar-refractivity contribution in [3.63, 3.8) is 0 Å². The second-order valence-electron chi connectivity index (χ2n) is 12.4. The third-order valence-electron chi connectivity index (χ3n) is 8.85. The van der Waals surface area contributed by atoms with Crippen molar-refractivity contribution >= 4 is 52.3 Å². The number of thiophene rings is 1. The number of hydrogen-bond acceptors (Lipinski definition) is 9. The van der Waals surface area contributed by atoms with E-state index in [1.807, 2.05) is 41.8 Å². The van der Waals surface area contributed by atoms with E-state index in [1.54, 1.807) is 29.5 Å². The van der Waals surface area contributed by atoms with Gasteiger partial charge in [-0.25, -0.2) is 0 Å². The molecule has 0 spiro atoms. The predicted octanol–water partition coefficient (Wildman–Crippen LogP) is 4.80. The second kappa shape index (κ2) is 15.3. The number of piperidine rings is 1. The highest BCUT2D eigenvalue weighted by Crippen LogP contribution is 2.39. The molecule has 0 bridgehead atoms. The van der Waals surface area contributed by atoms with E-state index in [0.717, 1.165) is 38.8 Å². The zero-order chi connectivity index (χ0) is 35.4. The Hall–Kier alpha value is -4.88. The number of halogens is 1. The summed E-state index contributed by atoms with van der Waals surface area (Å²) >= 11 is 7.86. The van der Waals surface area contributed by atoms with Crippen molar-refractivity contribution in [1.82, 2.24) is 30.7 Å². The van der Waals surface area contributed by atoms with Gasteiger partial charge in [0.05, 0.1) is 18.1 Å². The smallest absolute Gasteiger partial charge is 0.257 e. The number of ether oxygens (including phenoxy) is 1. The van der Waals surface area contributed by atoms with Crippen LogP contribution < -0.4 is 20.7 Å². The molecule has 0 saturated carbocycles. The number of nitrogens with one attached hydrogen (secondary N) is 3. The summed E-state index contributed by atoms with van der Waals surface area (Å²) in [7, 11) is 0. The first kappa shape index (κ1) is 35.0. The van der Waals surface area contributed by atoms with Crippen LogP contribution in [0, 0.1) is 20.8 Å². The summed E-state index contributed by atoms with van der Waals surface area (Å²) in [5.74, 6) is 0.372. The Morgan fingerprint density at radius 1 is 1.02 bits per heavy atom. The average Bonchev–Trinajstić information content (AvgIpc) is 3.57. The van der Waals surface area contributed by atoms with Gasteiger partial charge in [-0.2, -0.15) is 0 Å². The standard InChI is InChI=1S/C36H38ClN7O5S/c1-20-21(2)50-36-32(20)33(23-9-11-25(37)12-10-23)40-28(34-43-42-22(3)44(34)36)18-30(46)38-15-4-5-16-39-31(47)19-49-26-8-6-7-24(17-26)27-13-14-29(45)41-35(27)48/h6-12,17,27-28H,4-5,13-16,18-19H2,1-3H3,(H,38,46)(H,39,47)(H,41,45,48)/t27?,28-/m0/s1. The highest BCUT2D eigenvalue weighted by atomic mass is 35.5. The van der Waals surface area contributed by atoms with Crippen LogP contribution in [0.3, 0.4) is 0 Å². The van der Waals surface area contributed by atoms with E-state index < -0.39 is 12.0 Å². The van der Waals surface area contributed by atoms with E-state index >= 15 is 0 Å². The molecule has 12 nitrogen and oxygen atoms in total. The number of aryl methyl sites for hydroxylation is 2. The van der Waals surface area contributed by atoms with Gasteiger partial charge >= 0.3 is 0 Å². The Bertz CT molecular complexity index is 1970. The van der Waals surface area contributed by atoms with Crippen LogP contribution in [0.15, 0.2) is 53.5 Å². The zero-order valence-corrected chi connectivity index (χ0v) is 29.6. The average molecular weight is 716 g/mol. The number of nitrogens with zero attached hydrogens (tertiary/aromatic N) is 4. The van der Waals surface area contributed by atoms with Crippen LogP contribution in [0.4, 0.5) is 0 Å². The van der Waals surface area contributed by atoms with Crippen molar-refractivity contribution in [3.05, 3.63) is 92.3 Å². The van der Waals surface area contributed by atoms with Crippen LogP contribution >= 0.6 is 22.9 Å². The highest BCUT2D eigenvalue weighted by molar-refractivity contribution is 7.15. The Labute approximate surface area is 298 Å². The fourth-order valence-electron chi connectivity index (χ4n) is 6.12. The number of carbonyl (C=O) groups is 4. The minimum Gasteiger partial charge on any atom is -0.484 e. The first-order valence-electron chi connectivity index (χ1n) is 16.5. The van der Waals surface area contributed by atoms with Crippen molar-refractivity contribution in [2.45, 2.75) is 64.8 Å². The molecule has 50 heavy (non-hydrogen) atoms. The highest BCUT2D eigenvalue weighted by Gasteiger charge is 2.32. The van der Waals surface area contributed by atoms with Gasteiger partial charge in [-0.1, -0.05) is 35.9 Å².